The minimum Gasteiger partial charge on any atom is -0.542 e. The second kappa shape index (κ2) is 21.8. The van der Waals surface area contributed by atoms with Crippen LogP contribution >= 0.6 is 0 Å². The molecule has 0 aliphatic rings. The average molecular weight is 515 g/mol. The van der Waals surface area contributed by atoms with Crippen LogP contribution in [0.4, 0.5) is 13.2 Å². The van der Waals surface area contributed by atoms with Crippen LogP contribution in [0.3, 0.4) is 0 Å². The Kier molecular flexibility index (Phi) is 23.5. The van der Waals surface area contributed by atoms with Gasteiger partial charge in [0.15, 0.2) is 0 Å². The summed E-state index contributed by atoms with van der Waals surface area (Å²) in [7, 11) is 0. The molecule has 0 heterocycles. The zero-order valence-corrected chi connectivity index (χ0v) is 21.3. The Hall–Kier alpha value is 0.0587. The SMILES string of the molecule is CCCCCCCCCCCCCCCCC[CH2][Sn+]([CH3])[CH3].O=C([O-])C(F)(F)F. The van der Waals surface area contributed by atoms with Crippen molar-refractivity contribution in [3.8, 4) is 0 Å². The van der Waals surface area contributed by atoms with E-state index < -0.39 is 31.9 Å². The van der Waals surface area contributed by atoms with E-state index in [-0.39, 0.29) is 0 Å². The summed E-state index contributed by atoms with van der Waals surface area (Å²) in [5.74, 6) is -3.01. The number of carboxylic acids is 1. The van der Waals surface area contributed by atoms with E-state index in [0.29, 0.717) is 0 Å². The summed E-state index contributed by atoms with van der Waals surface area (Å²) < 4.78 is 33.2. The quantitative estimate of drug-likeness (QED) is 0.151. The van der Waals surface area contributed by atoms with Crippen LogP contribution in [-0.4, -0.2) is 31.9 Å². The van der Waals surface area contributed by atoms with E-state index in [1.165, 1.54) is 96.3 Å². The number of halogens is 3. The van der Waals surface area contributed by atoms with Crippen molar-refractivity contribution in [1.82, 2.24) is 0 Å². The van der Waals surface area contributed by atoms with Crippen molar-refractivity contribution in [2.75, 3.05) is 0 Å². The topological polar surface area (TPSA) is 40.1 Å². The van der Waals surface area contributed by atoms with Gasteiger partial charge in [0.2, 0.25) is 0 Å². The van der Waals surface area contributed by atoms with Gasteiger partial charge in [-0.3, -0.25) is 0 Å². The largest absolute Gasteiger partial charge is 0.542 e. The molecule has 0 aromatic rings. The standard InChI is InChI=1S/C18H37.C2HF3O2.2CH3.Sn/c1-3-5-7-9-11-13-15-17-18-16-14-12-10-8-6-4-2;3-2(4,5)1(6)7;;;/h1,3-18H2,2H3;(H,6,7);2*1H3;/q;;;;+1/p-1. The number of hydrogen-bond acceptors (Lipinski definition) is 2. The second-order valence-corrected chi connectivity index (χ2v) is 16.4. The van der Waals surface area contributed by atoms with Crippen molar-refractivity contribution in [3.63, 3.8) is 0 Å². The Morgan fingerprint density at radius 2 is 0.929 bits per heavy atom. The molecule has 0 amide bonds. The van der Waals surface area contributed by atoms with Crippen LogP contribution < -0.4 is 5.11 Å². The third kappa shape index (κ3) is 28.3. The summed E-state index contributed by atoms with van der Waals surface area (Å²) in [4.78, 5) is 13.9. The van der Waals surface area contributed by atoms with Crippen LogP contribution in [0.15, 0.2) is 0 Å². The van der Waals surface area contributed by atoms with Gasteiger partial charge in [0.1, 0.15) is 5.97 Å². The maximum Gasteiger partial charge on any atom is 0.430 e. The molecule has 0 saturated carbocycles. The molecule has 0 aromatic carbocycles. The van der Waals surface area contributed by atoms with Gasteiger partial charge in [0.25, 0.3) is 0 Å². The number of carbonyl (C=O) groups is 1. The van der Waals surface area contributed by atoms with Crippen molar-refractivity contribution in [3.05, 3.63) is 0 Å². The van der Waals surface area contributed by atoms with Crippen LogP contribution in [0.5, 0.6) is 0 Å². The summed E-state index contributed by atoms with van der Waals surface area (Å²) in [6.45, 7) is 2.30. The number of alkyl halides is 3. The van der Waals surface area contributed by atoms with E-state index >= 15 is 0 Å². The molecule has 6 heteroatoms. The van der Waals surface area contributed by atoms with Crippen LogP contribution in [0, 0.1) is 0 Å². The molecule has 0 unspecified atom stereocenters. The molecule has 0 radical (unpaired) electrons. The number of hydrogen-bond donors (Lipinski definition) is 0. The zero-order valence-electron chi connectivity index (χ0n) is 18.5. The van der Waals surface area contributed by atoms with E-state index in [2.05, 4.69) is 16.8 Å². The summed E-state index contributed by atoms with van der Waals surface area (Å²) in [6.07, 6.45) is 18.6. The van der Waals surface area contributed by atoms with E-state index in [1.807, 2.05) is 0 Å². The fourth-order valence-electron chi connectivity index (χ4n) is 3.03. The molecule has 0 N–H and O–H groups in total. The Morgan fingerprint density at radius 1 is 0.679 bits per heavy atom. The van der Waals surface area contributed by atoms with Crippen molar-refractivity contribution < 1.29 is 23.1 Å². The number of rotatable bonds is 17. The Balaban J connectivity index is 0. The van der Waals surface area contributed by atoms with Crippen molar-refractivity contribution >= 4 is 25.7 Å². The Morgan fingerprint density at radius 3 is 1.14 bits per heavy atom. The Labute approximate surface area is 178 Å². The minimum absolute atomic E-state index is 0.747. The predicted molar refractivity (Wildman–Crippen MR) is 113 cm³/mol. The van der Waals surface area contributed by atoms with Gasteiger partial charge < -0.3 is 9.90 Å². The summed E-state index contributed by atoms with van der Waals surface area (Å²) in [5, 5.41) is 8.78. The third-order valence-electron chi connectivity index (χ3n) is 4.76. The first kappa shape index (κ1) is 30.3. The molecule has 0 atom stereocenters. The molecule has 0 rings (SSSR count). The maximum atomic E-state index is 10.5. The first-order chi connectivity index (χ1) is 13.2. The molecule has 0 bridgehead atoms. The number of carboxylic acid groups (broad SMARTS) is 1. The van der Waals surface area contributed by atoms with Gasteiger partial charge in [-0.15, -0.1) is 0 Å². The monoisotopic (exact) mass is 516 g/mol. The molecule has 0 saturated heterocycles. The first-order valence-electron chi connectivity index (χ1n) is 11.3. The predicted octanol–water partition coefficient (Wildman–Crippen LogP) is 7.30. The molecule has 0 aliphatic carbocycles. The van der Waals surface area contributed by atoms with Crippen LogP contribution in [-0.2, 0) is 4.79 Å². The molecule has 0 aliphatic heterocycles. The van der Waals surface area contributed by atoms with Crippen molar-refractivity contribution in [1.29, 1.82) is 0 Å². The number of unbranched alkanes of at least 4 members (excludes halogenated alkanes) is 15. The number of carbonyl (C=O) groups excluding carboxylic acids is 1. The second-order valence-electron chi connectivity index (χ2n) is 8.05. The van der Waals surface area contributed by atoms with Gasteiger partial charge in [-0.1, -0.05) is 39.0 Å². The minimum atomic E-state index is -5.19. The average Bonchev–Trinajstić information content (AvgIpc) is 2.61. The smallest absolute Gasteiger partial charge is 0.430 e. The zero-order chi connectivity index (χ0) is 21.7. The van der Waals surface area contributed by atoms with E-state index in [9.17, 15) is 13.2 Å². The van der Waals surface area contributed by atoms with Gasteiger partial charge in [0, 0.05) is 0 Å². The normalized spacial score (nSPS) is 11.1. The van der Waals surface area contributed by atoms with Gasteiger partial charge >= 0.3 is 111 Å². The Bertz CT molecular complexity index is 334. The van der Waals surface area contributed by atoms with E-state index in [1.54, 1.807) is 10.9 Å². The van der Waals surface area contributed by atoms with Gasteiger partial charge in [-0.05, 0) is 0 Å². The maximum absolute atomic E-state index is 10.5. The van der Waals surface area contributed by atoms with Crippen molar-refractivity contribution in [2.24, 2.45) is 0 Å². The summed E-state index contributed by atoms with van der Waals surface area (Å²) in [6, 6.07) is 0. The molecular weight excluding hydrogens is 472 g/mol. The fourth-order valence-corrected chi connectivity index (χ4v) is 5.76. The van der Waals surface area contributed by atoms with Gasteiger partial charge in [-0.2, -0.15) is 13.2 Å². The van der Waals surface area contributed by atoms with Crippen LogP contribution in [0.2, 0.25) is 14.3 Å². The van der Waals surface area contributed by atoms with E-state index in [0.717, 1.165) is 0 Å². The molecule has 168 valence electrons. The van der Waals surface area contributed by atoms with Gasteiger partial charge in [-0.25, -0.2) is 0 Å². The molecule has 0 aromatic heterocycles. The molecule has 28 heavy (non-hydrogen) atoms. The van der Waals surface area contributed by atoms with Gasteiger partial charge in [0.05, 0.1) is 0 Å². The first-order valence-corrected chi connectivity index (χ1v) is 19.0. The van der Waals surface area contributed by atoms with Crippen LogP contribution in [0.1, 0.15) is 110 Å². The van der Waals surface area contributed by atoms with Crippen LogP contribution in [0.25, 0.3) is 0 Å². The molecular formula is C22H43F3O2Sn. The molecule has 2 nitrogen and oxygen atoms in total. The fraction of sp³-hybridized carbons (Fsp3) is 0.955. The van der Waals surface area contributed by atoms with Crippen molar-refractivity contribution in [2.45, 2.75) is 130 Å². The number of aliphatic carboxylic acids is 1. The van der Waals surface area contributed by atoms with E-state index in [4.69, 9.17) is 9.90 Å². The third-order valence-corrected chi connectivity index (χ3v) is 8.62. The summed E-state index contributed by atoms with van der Waals surface area (Å²) >= 11 is -0.747. The molecule has 0 spiro atoms. The summed E-state index contributed by atoms with van der Waals surface area (Å²) in [5.41, 5.74) is 0. The molecule has 0 fully saturated rings.